The van der Waals surface area contributed by atoms with Crippen molar-refractivity contribution in [1.82, 2.24) is 25.2 Å². The van der Waals surface area contributed by atoms with Crippen molar-refractivity contribution in [2.75, 3.05) is 25.0 Å². The molecule has 7 nitrogen and oxygen atoms in total. The van der Waals surface area contributed by atoms with Gasteiger partial charge in [-0.05, 0) is 38.1 Å². The third-order valence-electron chi connectivity index (χ3n) is 4.93. The number of hydrogen-bond donors (Lipinski definition) is 2. The summed E-state index contributed by atoms with van der Waals surface area (Å²) in [6.07, 6.45) is 2.76. The predicted molar refractivity (Wildman–Crippen MR) is 112 cm³/mol. The smallest absolute Gasteiger partial charge is 0.274 e. The standard InChI is InChI=1S/C20H23FN6OS/c1-4-23-15-9-27(10-15)19(28)17-18-16(5-11(2)29-18)25-20(26-17)24-12(3)13-6-14(21)8-22-7-13/h5-8,12,15,23H,4,9-10H2,1-3H3,(H,24,25,26). The Hall–Kier alpha value is -2.65. The maximum atomic E-state index is 13.5. The molecule has 1 atom stereocenters. The molecule has 0 saturated carbocycles. The molecular weight excluding hydrogens is 391 g/mol. The van der Waals surface area contributed by atoms with Crippen molar-refractivity contribution in [3.8, 4) is 0 Å². The van der Waals surface area contributed by atoms with E-state index in [1.807, 2.05) is 19.9 Å². The van der Waals surface area contributed by atoms with E-state index in [2.05, 4.69) is 32.5 Å². The van der Waals surface area contributed by atoms with Crippen LogP contribution in [0.3, 0.4) is 0 Å². The number of anilines is 1. The number of amides is 1. The van der Waals surface area contributed by atoms with Crippen molar-refractivity contribution >= 4 is 33.4 Å². The minimum absolute atomic E-state index is 0.0865. The zero-order valence-electron chi connectivity index (χ0n) is 16.6. The van der Waals surface area contributed by atoms with Crippen LogP contribution in [0.1, 0.15) is 40.8 Å². The van der Waals surface area contributed by atoms with Gasteiger partial charge in [-0.1, -0.05) is 6.92 Å². The first-order valence-corrected chi connectivity index (χ1v) is 10.4. The van der Waals surface area contributed by atoms with Crippen molar-refractivity contribution in [2.24, 2.45) is 0 Å². The molecule has 152 valence electrons. The molecule has 4 rings (SSSR count). The van der Waals surface area contributed by atoms with Crippen molar-refractivity contribution in [3.63, 3.8) is 0 Å². The molecule has 0 spiro atoms. The summed E-state index contributed by atoms with van der Waals surface area (Å²) in [5.74, 6) is -0.138. The number of carbonyl (C=O) groups excluding carboxylic acids is 1. The van der Waals surface area contributed by atoms with Crippen LogP contribution in [0.2, 0.25) is 0 Å². The van der Waals surface area contributed by atoms with Crippen molar-refractivity contribution in [1.29, 1.82) is 0 Å². The van der Waals surface area contributed by atoms with E-state index in [1.54, 1.807) is 11.1 Å². The highest BCUT2D eigenvalue weighted by Gasteiger charge is 2.32. The summed E-state index contributed by atoms with van der Waals surface area (Å²) in [6.45, 7) is 8.16. The van der Waals surface area contributed by atoms with Gasteiger partial charge in [0, 0.05) is 30.2 Å². The van der Waals surface area contributed by atoms with Gasteiger partial charge in [-0.25, -0.2) is 14.4 Å². The second kappa shape index (κ2) is 8.00. The van der Waals surface area contributed by atoms with Gasteiger partial charge < -0.3 is 15.5 Å². The minimum atomic E-state index is -0.398. The molecule has 3 aromatic rings. The van der Waals surface area contributed by atoms with Gasteiger partial charge in [0.1, 0.15) is 5.82 Å². The lowest BCUT2D eigenvalue weighted by molar-refractivity contribution is 0.0566. The monoisotopic (exact) mass is 414 g/mol. The lowest BCUT2D eigenvalue weighted by Gasteiger charge is -2.39. The fraction of sp³-hybridized carbons (Fsp3) is 0.400. The van der Waals surface area contributed by atoms with Crippen LogP contribution in [0, 0.1) is 12.7 Å². The number of nitrogens with zero attached hydrogens (tertiary/aromatic N) is 4. The molecule has 3 aromatic heterocycles. The molecule has 4 heterocycles. The average Bonchev–Trinajstić information content (AvgIpc) is 3.03. The number of nitrogens with one attached hydrogen (secondary N) is 2. The Balaban J connectivity index is 1.61. The molecule has 1 aliphatic rings. The van der Waals surface area contributed by atoms with Crippen LogP contribution in [-0.4, -0.2) is 51.4 Å². The summed E-state index contributed by atoms with van der Waals surface area (Å²) in [4.78, 5) is 28.9. The number of hydrogen-bond acceptors (Lipinski definition) is 7. The van der Waals surface area contributed by atoms with E-state index in [-0.39, 0.29) is 11.9 Å². The fourth-order valence-electron chi connectivity index (χ4n) is 3.41. The van der Waals surface area contributed by atoms with Gasteiger partial charge in [0.2, 0.25) is 5.95 Å². The third kappa shape index (κ3) is 4.06. The Morgan fingerprint density at radius 3 is 2.86 bits per heavy atom. The normalized spacial score (nSPS) is 15.4. The van der Waals surface area contributed by atoms with Gasteiger partial charge in [-0.3, -0.25) is 9.78 Å². The van der Waals surface area contributed by atoms with Crippen LogP contribution in [-0.2, 0) is 0 Å². The van der Waals surface area contributed by atoms with Crippen LogP contribution < -0.4 is 10.6 Å². The Morgan fingerprint density at radius 1 is 1.34 bits per heavy atom. The first-order chi connectivity index (χ1) is 13.9. The van der Waals surface area contributed by atoms with Crippen LogP contribution in [0.15, 0.2) is 24.5 Å². The first kappa shape index (κ1) is 19.7. The Bertz CT molecular complexity index is 1050. The topological polar surface area (TPSA) is 83.0 Å². The number of rotatable bonds is 6. The summed E-state index contributed by atoms with van der Waals surface area (Å²) in [5, 5.41) is 6.53. The molecule has 9 heteroatoms. The quantitative estimate of drug-likeness (QED) is 0.645. The molecule has 0 radical (unpaired) electrons. The summed E-state index contributed by atoms with van der Waals surface area (Å²) in [5.41, 5.74) is 1.83. The second-order valence-corrected chi connectivity index (χ2v) is 8.49. The van der Waals surface area contributed by atoms with Crippen LogP contribution in [0.25, 0.3) is 10.2 Å². The van der Waals surface area contributed by atoms with E-state index in [9.17, 15) is 9.18 Å². The average molecular weight is 415 g/mol. The third-order valence-corrected chi connectivity index (χ3v) is 5.98. The highest BCUT2D eigenvalue weighted by Crippen LogP contribution is 2.30. The van der Waals surface area contributed by atoms with Crippen LogP contribution in [0.5, 0.6) is 0 Å². The van der Waals surface area contributed by atoms with Gasteiger partial charge in [-0.15, -0.1) is 11.3 Å². The van der Waals surface area contributed by atoms with Gasteiger partial charge in [0.05, 0.1) is 22.5 Å². The molecule has 0 aromatic carbocycles. The lowest BCUT2D eigenvalue weighted by Crippen LogP contribution is -2.59. The van der Waals surface area contributed by atoms with E-state index < -0.39 is 5.82 Å². The van der Waals surface area contributed by atoms with Gasteiger partial charge >= 0.3 is 0 Å². The Labute approximate surface area is 172 Å². The van der Waals surface area contributed by atoms with E-state index in [0.717, 1.165) is 27.8 Å². The summed E-state index contributed by atoms with van der Waals surface area (Å²) < 4.78 is 14.3. The van der Waals surface area contributed by atoms with E-state index in [1.165, 1.54) is 17.4 Å². The lowest BCUT2D eigenvalue weighted by atomic mass is 10.1. The number of likely N-dealkylation sites (N-methyl/N-ethyl adjacent to an activating group) is 1. The van der Waals surface area contributed by atoms with Crippen LogP contribution in [0.4, 0.5) is 10.3 Å². The minimum Gasteiger partial charge on any atom is -0.348 e. The van der Waals surface area contributed by atoms with E-state index >= 15 is 0 Å². The van der Waals surface area contributed by atoms with E-state index in [0.29, 0.717) is 36.3 Å². The molecule has 1 saturated heterocycles. The summed E-state index contributed by atoms with van der Waals surface area (Å²) in [7, 11) is 0. The molecule has 2 N–H and O–H groups in total. The number of aryl methyl sites for hydroxylation is 1. The maximum Gasteiger partial charge on any atom is 0.274 e. The number of carbonyl (C=O) groups is 1. The highest BCUT2D eigenvalue weighted by atomic mass is 32.1. The molecule has 0 bridgehead atoms. The summed E-state index contributed by atoms with van der Waals surface area (Å²) in [6, 6.07) is 3.45. The molecule has 1 unspecified atom stereocenters. The predicted octanol–water partition coefficient (Wildman–Crippen LogP) is 3.14. The number of fused-ring (bicyclic) bond motifs is 1. The molecule has 1 aliphatic heterocycles. The van der Waals surface area contributed by atoms with Gasteiger partial charge in [0.25, 0.3) is 5.91 Å². The maximum absolute atomic E-state index is 13.5. The molecule has 29 heavy (non-hydrogen) atoms. The van der Waals surface area contributed by atoms with Crippen molar-refractivity contribution in [2.45, 2.75) is 32.9 Å². The van der Waals surface area contributed by atoms with Crippen molar-refractivity contribution in [3.05, 3.63) is 46.5 Å². The molecule has 1 amide bonds. The molecular formula is C20H23FN6OS. The molecule has 1 fully saturated rings. The Kier molecular flexibility index (Phi) is 5.42. The highest BCUT2D eigenvalue weighted by molar-refractivity contribution is 7.19. The number of pyridine rings is 1. The van der Waals surface area contributed by atoms with Crippen molar-refractivity contribution < 1.29 is 9.18 Å². The van der Waals surface area contributed by atoms with Gasteiger partial charge in [0.15, 0.2) is 5.69 Å². The number of thiophene rings is 1. The second-order valence-electron chi connectivity index (χ2n) is 7.23. The number of aromatic nitrogens is 3. The largest absolute Gasteiger partial charge is 0.348 e. The summed E-state index contributed by atoms with van der Waals surface area (Å²) >= 11 is 1.52. The first-order valence-electron chi connectivity index (χ1n) is 9.62. The zero-order chi connectivity index (χ0) is 20.5. The van der Waals surface area contributed by atoms with Gasteiger partial charge in [-0.2, -0.15) is 0 Å². The SMILES string of the molecule is CCNC1CN(C(=O)c2nc(NC(C)c3cncc(F)c3)nc3cc(C)sc23)C1. The number of likely N-dealkylation sites (tertiary alicyclic amines) is 1. The fourth-order valence-corrected chi connectivity index (χ4v) is 4.34. The number of halogens is 1. The zero-order valence-corrected chi connectivity index (χ0v) is 17.4. The van der Waals surface area contributed by atoms with Crippen LogP contribution >= 0.6 is 11.3 Å². The Morgan fingerprint density at radius 2 is 2.14 bits per heavy atom. The van der Waals surface area contributed by atoms with E-state index in [4.69, 9.17) is 0 Å². The molecule has 0 aliphatic carbocycles.